The van der Waals surface area contributed by atoms with Crippen molar-refractivity contribution in [3.05, 3.63) is 81.7 Å². The molecule has 0 amide bonds. The summed E-state index contributed by atoms with van der Waals surface area (Å²) in [5.41, 5.74) is 4.00. The highest BCUT2D eigenvalue weighted by atomic mass is 79.9. The molecule has 0 aliphatic rings. The van der Waals surface area contributed by atoms with E-state index < -0.39 is 0 Å². The van der Waals surface area contributed by atoms with Crippen LogP contribution in [0.4, 0.5) is 11.6 Å². The number of fused-ring (bicyclic) bond motifs is 1. The fourth-order valence-corrected chi connectivity index (χ4v) is 4.04. The number of halogens is 2. The Balaban J connectivity index is 1.97. The van der Waals surface area contributed by atoms with E-state index in [1.165, 1.54) is 0 Å². The van der Waals surface area contributed by atoms with Crippen molar-refractivity contribution in [1.29, 1.82) is 0 Å². The molecule has 3 nitrogen and oxygen atoms in total. The Bertz CT molecular complexity index is 989. The number of nitrogens with zero attached hydrogens (tertiary/aromatic N) is 2. The topological polar surface area (TPSA) is 29.9 Å². The van der Waals surface area contributed by atoms with Gasteiger partial charge in [0.25, 0.3) is 0 Å². The summed E-state index contributed by atoms with van der Waals surface area (Å²) in [6, 6.07) is 24.2. The van der Waals surface area contributed by atoms with Crippen LogP contribution in [0, 0.1) is 0 Å². The number of nitrogens with one attached hydrogen (secondary N) is 1. The van der Waals surface area contributed by atoms with Gasteiger partial charge in [0.05, 0.1) is 16.7 Å². The monoisotopic (exact) mass is 441 g/mol. The number of aromatic nitrogens is 2. The average molecular weight is 443 g/mol. The molecule has 5 heteroatoms. The molecule has 1 heterocycles. The van der Waals surface area contributed by atoms with Crippen molar-refractivity contribution >= 4 is 54.5 Å². The molecule has 0 bridgehead atoms. The Morgan fingerprint density at radius 2 is 1.42 bits per heavy atom. The highest BCUT2D eigenvalue weighted by molar-refractivity contribution is 9.11. The predicted molar refractivity (Wildman–Crippen MR) is 106 cm³/mol. The van der Waals surface area contributed by atoms with E-state index in [1.807, 2.05) is 66.7 Å². The summed E-state index contributed by atoms with van der Waals surface area (Å²) in [5, 5.41) is 3.43. The Hall–Kier alpha value is -2.11. The van der Waals surface area contributed by atoms with Gasteiger partial charge in [-0.1, -0.05) is 36.4 Å². The number of imidazole rings is 1. The molecule has 3 aromatic carbocycles. The maximum atomic E-state index is 4.78. The largest absolute Gasteiger partial charge is 0.325 e. The van der Waals surface area contributed by atoms with Crippen LogP contribution in [0.3, 0.4) is 0 Å². The second-order valence-electron chi connectivity index (χ2n) is 5.32. The minimum atomic E-state index is 0.773. The number of para-hydroxylation sites is 4. The second-order valence-corrected chi connectivity index (χ2v) is 7.03. The van der Waals surface area contributed by atoms with Crippen molar-refractivity contribution in [3.8, 4) is 5.69 Å². The lowest BCUT2D eigenvalue weighted by Gasteiger charge is -2.14. The van der Waals surface area contributed by atoms with Gasteiger partial charge in [0.15, 0.2) is 0 Å². The molecule has 0 saturated heterocycles. The van der Waals surface area contributed by atoms with Gasteiger partial charge < -0.3 is 5.32 Å². The van der Waals surface area contributed by atoms with Crippen LogP contribution in [0.5, 0.6) is 0 Å². The van der Waals surface area contributed by atoms with Crippen LogP contribution >= 0.6 is 31.9 Å². The first-order chi connectivity index (χ1) is 11.7. The first-order valence-electron chi connectivity index (χ1n) is 7.48. The van der Waals surface area contributed by atoms with Crippen molar-refractivity contribution in [2.45, 2.75) is 0 Å². The van der Waals surface area contributed by atoms with Crippen molar-refractivity contribution in [3.63, 3.8) is 0 Å². The van der Waals surface area contributed by atoms with Gasteiger partial charge in [-0.2, -0.15) is 0 Å². The van der Waals surface area contributed by atoms with Crippen LogP contribution in [0.2, 0.25) is 0 Å². The lowest BCUT2D eigenvalue weighted by Crippen LogP contribution is -2.03. The lowest BCUT2D eigenvalue weighted by molar-refractivity contribution is 1.08. The van der Waals surface area contributed by atoms with Crippen molar-refractivity contribution in [1.82, 2.24) is 9.55 Å². The smallest absolute Gasteiger partial charge is 0.213 e. The lowest BCUT2D eigenvalue weighted by atomic mass is 10.3. The van der Waals surface area contributed by atoms with E-state index in [2.05, 4.69) is 47.8 Å². The molecule has 1 N–H and O–H groups in total. The molecule has 0 aliphatic carbocycles. The normalized spacial score (nSPS) is 10.9. The van der Waals surface area contributed by atoms with Crippen molar-refractivity contribution in [2.75, 3.05) is 5.32 Å². The van der Waals surface area contributed by atoms with E-state index in [1.54, 1.807) is 0 Å². The number of hydrogen-bond donors (Lipinski definition) is 1. The van der Waals surface area contributed by atoms with Crippen LogP contribution in [0.1, 0.15) is 0 Å². The summed E-state index contributed by atoms with van der Waals surface area (Å²) in [6.45, 7) is 0. The molecule has 0 atom stereocenters. The molecule has 0 fully saturated rings. The number of hydrogen-bond acceptors (Lipinski definition) is 2. The number of rotatable bonds is 3. The molecule has 1 aromatic heterocycles. The van der Waals surface area contributed by atoms with Gasteiger partial charge in [0.1, 0.15) is 0 Å². The van der Waals surface area contributed by atoms with Gasteiger partial charge in [-0.3, -0.25) is 4.57 Å². The zero-order valence-electron chi connectivity index (χ0n) is 12.6. The highest BCUT2D eigenvalue weighted by Crippen LogP contribution is 2.35. The van der Waals surface area contributed by atoms with Gasteiger partial charge in [-0.05, 0) is 68.3 Å². The quantitative estimate of drug-likeness (QED) is 0.403. The summed E-state index contributed by atoms with van der Waals surface area (Å²) in [6.07, 6.45) is 0. The minimum absolute atomic E-state index is 0.773. The Kier molecular flexibility index (Phi) is 4.12. The molecule has 0 unspecified atom stereocenters. The van der Waals surface area contributed by atoms with Gasteiger partial charge >= 0.3 is 0 Å². The number of anilines is 2. The van der Waals surface area contributed by atoms with Gasteiger partial charge in [-0.15, -0.1) is 0 Å². The van der Waals surface area contributed by atoms with Crippen molar-refractivity contribution in [2.24, 2.45) is 0 Å². The van der Waals surface area contributed by atoms with Gasteiger partial charge in [-0.25, -0.2) is 4.98 Å². The summed E-state index contributed by atoms with van der Waals surface area (Å²) in [7, 11) is 0. The zero-order valence-corrected chi connectivity index (χ0v) is 15.8. The van der Waals surface area contributed by atoms with Gasteiger partial charge in [0.2, 0.25) is 5.95 Å². The molecule has 0 aliphatic heterocycles. The molecule has 0 spiro atoms. The fourth-order valence-electron chi connectivity index (χ4n) is 2.69. The predicted octanol–water partition coefficient (Wildman–Crippen LogP) is 6.29. The minimum Gasteiger partial charge on any atom is -0.325 e. The van der Waals surface area contributed by atoms with Crippen LogP contribution in [0.25, 0.3) is 16.7 Å². The summed E-state index contributed by atoms with van der Waals surface area (Å²) < 4.78 is 4.11. The summed E-state index contributed by atoms with van der Waals surface area (Å²) >= 11 is 7.33. The SMILES string of the molecule is Brc1cccc(Br)c1-n1c(Nc2ccccc2)nc2ccccc21. The van der Waals surface area contributed by atoms with E-state index in [0.29, 0.717) is 0 Å². The Morgan fingerprint density at radius 3 is 2.17 bits per heavy atom. The van der Waals surface area contributed by atoms with E-state index in [9.17, 15) is 0 Å². The fraction of sp³-hybridized carbons (Fsp3) is 0. The van der Waals surface area contributed by atoms with E-state index >= 15 is 0 Å². The van der Waals surface area contributed by atoms with Crippen LogP contribution in [-0.2, 0) is 0 Å². The highest BCUT2D eigenvalue weighted by Gasteiger charge is 2.16. The molecule has 0 saturated carbocycles. The Labute approximate surface area is 156 Å². The molecule has 24 heavy (non-hydrogen) atoms. The van der Waals surface area contributed by atoms with E-state index in [0.717, 1.165) is 37.3 Å². The third kappa shape index (κ3) is 2.74. The molecule has 4 rings (SSSR count). The van der Waals surface area contributed by atoms with Crippen LogP contribution in [0.15, 0.2) is 81.7 Å². The molecule has 118 valence electrons. The second kappa shape index (κ2) is 6.42. The first-order valence-corrected chi connectivity index (χ1v) is 9.06. The van der Waals surface area contributed by atoms with Crippen molar-refractivity contribution < 1.29 is 0 Å². The van der Waals surface area contributed by atoms with Crippen LogP contribution < -0.4 is 5.32 Å². The summed E-state index contributed by atoms with van der Waals surface area (Å²) in [4.78, 5) is 4.78. The van der Waals surface area contributed by atoms with Gasteiger partial charge in [0, 0.05) is 14.6 Å². The van der Waals surface area contributed by atoms with E-state index in [4.69, 9.17) is 4.98 Å². The molecular formula is C19H13Br2N3. The third-order valence-corrected chi connectivity index (χ3v) is 5.03. The maximum Gasteiger partial charge on any atom is 0.213 e. The standard InChI is InChI=1S/C19H13Br2N3/c20-14-9-6-10-15(21)18(14)24-17-12-5-4-11-16(17)23-19(24)22-13-7-2-1-3-8-13/h1-12H,(H,22,23). The zero-order chi connectivity index (χ0) is 16.5. The first kappa shape index (κ1) is 15.4. The molecule has 0 radical (unpaired) electrons. The van der Waals surface area contributed by atoms with E-state index in [-0.39, 0.29) is 0 Å². The Morgan fingerprint density at radius 1 is 0.750 bits per heavy atom. The maximum absolute atomic E-state index is 4.78. The number of benzene rings is 3. The molecule has 4 aromatic rings. The van der Waals surface area contributed by atoms with Crippen LogP contribution in [-0.4, -0.2) is 9.55 Å². The summed E-state index contributed by atoms with van der Waals surface area (Å²) in [5.74, 6) is 0.773. The third-order valence-electron chi connectivity index (χ3n) is 3.75. The molecular weight excluding hydrogens is 430 g/mol. The average Bonchev–Trinajstić information content (AvgIpc) is 2.94.